The fraction of sp³-hybridized carbons (Fsp3) is 0.545. The summed E-state index contributed by atoms with van der Waals surface area (Å²) in [5, 5.41) is 16.2. The molecule has 0 amide bonds. The van der Waals surface area contributed by atoms with Gasteiger partial charge < -0.3 is 14.5 Å². The lowest BCUT2D eigenvalue weighted by atomic mass is 9.96. The average Bonchev–Trinajstić information content (AvgIpc) is 3.41. The highest BCUT2D eigenvalue weighted by Gasteiger charge is 2.38. The Morgan fingerprint density at radius 1 is 1.14 bits per heavy atom. The van der Waals surface area contributed by atoms with Gasteiger partial charge in [0.05, 0.1) is 5.69 Å². The third-order valence-electron chi connectivity index (χ3n) is 5.78. The van der Waals surface area contributed by atoms with Crippen molar-refractivity contribution in [3.05, 3.63) is 35.4 Å². The van der Waals surface area contributed by atoms with Crippen LogP contribution in [0.5, 0.6) is 0 Å². The molecule has 4 rings (SSSR count). The van der Waals surface area contributed by atoms with Gasteiger partial charge in [0.2, 0.25) is 5.89 Å². The lowest BCUT2D eigenvalue weighted by Crippen LogP contribution is -2.37. The number of halogens is 5. The number of hydrogen-bond acceptors (Lipinski definition) is 6. The summed E-state index contributed by atoms with van der Waals surface area (Å²) in [5.41, 5.74) is 0.719. The van der Waals surface area contributed by atoms with Crippen LogP contribution in [0.2, 0.25) is 0 Å². The molecular weight excluding hydrogens is 477 g/mol. The zero-order valence-corrected chi connectivity index (χ0v) is 19.6. The molecule has 2 aromatic heterocycles. The Morgan fingerprint density at radius 3 is 2.26 bits per heavy atom. The van der Waals surface area contributed by atoms with E-state index >= 15 is 0 Å². The quantitative estimate of drug-likeness (QED) is 0.499. The first-order valence-corrected chi connectivity index (χ1v) is 11.1. The van der Waals surface area contributed by atoms with E-state index in [1.165, 1.54) is 4.68 Å². The molecule has 8 nitrogen and oxygen atoms in total. The Balaban J connectivity index is 0.000000429. The fourth-order valence-electron chi connectivity index (χ4n) is 3.88. The molecule has 1 aliphatic heterocycles. The lowest BCUT2D eigenvalue weighted by Gasteiger charge is -2.33. The Hall–Kier alpha value is -3.09. The average molecular weight is 503 g/mol. The van der Waals surface area contributed by atoms with Crippen LogP contribution >= 0.6 is 0 Å². The number of likely N-dealkylation sites (tertiary alicyclic amines) is 1. The van der Waals surface area contributed by atoms with Gasteiger partial charge in [0, 0.05) is 17.3 Å². The van der Waals surface area contributed by atoms with Gasteiger partial charge in [-0.1, -0.05) is 13.8 Å². The summed E-state index contributed by atoms with van der Waals surface area (Å²) in [6.45, 7) is 10.2. The molecule has 0 aliphatic carbocycles. The van der Waals surface area contributed by atoms with Crippen LogP contribution in [0.15, 0.2) is 16.7 Å². The van der Waals surface area contributed by atoms with Gasteiger partial charge in [0.1, 0.15) is 5.52 Å². The Kier molecular flexibility index (Phi) is 7.77. The number of piperidine rings is 1. The van der Waals surface area contributed by atoms with E-state index in [0.29, 0.717) is 23.0 Å². The van der Waals surface area contributed by atoms with Crippen LogP contribution in [0, 0.1) is 11.6 Å². The number of fused-ring (bicyclic) bond motifs is 1. The van der Waals surface area contributed by atoms with Gasteiger partial charge in [0.25, 0.3) is 5.95 Å². The summed E-state index contributed by atoms with van der Waals surface area (Å²) >= 11 is 0. The van der Waals surface area contributed by atoms with E-state index in [0.717, 1.165) is 32.0 Å². The normalized spacial score (nSPS) is 15.6. The number of carboxylic acid groups (broad SMARTS) is 1. The van der Waals surface area contributed by atoms with E-state index < -0.39 is 23.8 Å². The Morgan fingerprint density at radius 2 is 1.74 bits per heavy atom. The number of rotatable bonds is 4. The first-order chi connectivity index (χ1) is 16.3. The molecule has 3 heterocycles. The van der Waals surface area contributed by atoms with Crippen molar-refractivity contribution in [1.29, 1.82) is 0 Å². The third-order valence-corrected chi connectivity index (χ3v) is 5.78. The smallest absolute Gasteiger partial charge is 0.475 e. The number of benzene rings is 1. The maximum Gasteiger partial charge on any atom is 0.490 e. The number of aromatic nitrogens is 4. The molecular formula is C22H26F5N5O3. The van der Waals surface area contributed by atoms with Crippen molar-refractivity contribution in [2.75, 3.05) is 13.1 Å². The van der Waals surface area contributed by atoms with E-state index in [9.17, 15) is 22.0 Å². The fourth-order valence-corrected chi connectivity index (χ4v) is 3.88. The van der Waals surface area contributed by atoms with Crippen LogP contribution in [0.4, 0.5) is 22.0 Å². The number of aliphatic carboxylic acids is 1. The molecule has 35 heavy (non-hydrogen) atoms. The Labute approximate surface area is 197 Å². The molecule has 0 bridgehead atoms. The molecule has 13 heteroatoms. The molecule has 0 spiro atoms. The van der Waals surface area contributed by atoms with Crippen LogP contribution in [-0.2, 0) is 4.79 Å². The summed E-state index contributed by atoms with van der Waals surface area (Å²) in [6, 6.07) is 3.19. The molecule has 1 fully saturated rings. The molecule has 1 N–H and O–H groups in total. The van der Waals surface area contributed by atoms with Crippen LogP contribution in [0.25, 0.3) is 16.9 Å². The maximum atomic E-state index is 14.6. The largest absolute Gasteiger partial charge is 0.490 e. The molecule has 1 aliphatic rings. The van der Waals surface area contributed by atoms with E-state index in [1.54, 1.807) is 6.07 Å². The van der Waals surface area contributed by atoms with Crippen molar-refractivity contribution in [2.24, 2.45) is 0 Å². The predicted molar refractivity (Wildman–Crippen MR) is 115 cm³/mol. The van der Waals surface area contributed by atoms with E-state index in [1.807, 2.05) is 13.8 Å². The molecule has 3 aromatic rings. The highest BCUT2D eigenvalue weighted by Crippen LogP contribution is 2.31. The zero-order chi connectivity index (χ0) is 26.1. The summed E-state index contributed by atoms with van der Waals surface area (Å²) < 4.78 is 66.9. The predicted octanol–water partition coefficient (Wildman–Crippen LogP) is 5.03. The topological polar surface area (TPSA) is 97.3 Å². The van der Waals surface area contributed by atoms with Crippen molar-refractivity contribution in [1.82, 2.24) is 24.8 Å². The lowest BCUT2D eigenvalue weighted by molar-refractivity contribution is -0.192. The number of alkyl halides is 3. The monoisotopic (exact) mass is 503 g/mol. The number of carboxylic acids is 1. The number of hydrogen-bond donors (Lipinski definition) is 1. The maximum absolute atomic E-state index is 14.6. The SMILES string of the molecule is CC(C)c1nn(-c2noc(C3CCN(C(C)C)CC3)n2)c2c(F)c(F)ccc12.O=C(O)C(F)(F)F. The zero-order valence-electron chi connectivity index (χ0n) is 19.6. The van der Waals surface area contributed by atoms with Crippen molar-refractivity contribution in [2.45, 2.75) is 64.6 Å². The molecule has 0 saturated carbocycles. The van der Waals surface area contributed by atoms with Crippen molar-refractivity contribution in [3.8, 4) is 5.95 Å². The molecule has 0 atom stereocenters. The van der Waals surface area contributed by atoms with E-state index in [-0.39, 0.29) is 23.3 Å². The number of nitrogens with zero attached hydrogens (tertiary/aromatic N) is 5. The highest BCUT2D eigenvalue weighted by molar-refractivity contribution is 5.84. The second kappa shape index (κ2) is 10.3. The van der Waals surface area contributed by atoms with Gasteiger partial charge in [-0.3, -0.25) is 0 Å². The second-order valence-corrected chi connectivity index (χ2v) is 8.85. The molecule has 192 valence electrons. The first kappa shape index (κ1) is 26.5. The van der Waals surface area contributed by atoms with Gasteiger partial charge in [-0.25, -0.2) is 13.6 Å². The van der Waals surface area contributed by atoms with Crippen molar-refractivity contribution >= 4 is 16.9 Å². The molecule has 0 unspecified atom stereocenters. The third kappa shape index (κ3) is 5.77. The standard InChI is InChI=1S/C20H25F2N5O.C2HF3O2/c1-11(2)17-14-5-6-15(21)16(22)18(14)27(24-17)20-23-19(28-25-20)13-7-9-26(10-8-13)12(3)4;3-2(4,5)1(6)7/h5-6,11-13H,7-10H2,1-4H3;(H,6,7). The van der Waals surface area contributed by atoms with Gasteiger partial charge >= 0.3 is 12.1 Å². The van der Waals surface area contributed by atoms with Crippen LogP contribution in [0.1, 0.15) is 64.0 Å². The van der Waals surface area contributed by atoms with Crippen molar-refractivity contribution < 1.29 is 36.4 Å². The minimum Gasteiger partial charge on any atom is -0.475 e. The molecule has 1 aromatic carbocycles. The number of carbonyl (C=O) groups is 1. The highest BCUT2D eigenvalue weighted by atomic mass is 19.4. The Bertz CT molecular complexity index is 1180. The van der Waals surface area contributed by atoms with E-state index in [2.05, 4.69) is 34.0 Å². The van der Waals surface area contributed by atoms with Gasteiger partial charge in [-0.15, -0.1) is 0 Å². The minimum absolute atomic E-state index is 0.0420. The van der Waals surface area contributed by atoms with Crippen molar-refractivity contribution in [3.63, 3.8) is 0 Å². The summed E-state index contributed by atoms with van der Waals surface area (Å²) in [4.78, 5) is 15.8. The van der Waals surface area contributed by atoms with Crippen LogP contribution in [0.3, 0.4) is 0 Å². The van der Waals surface area contributed by atoms with Crippen LogP contribution < -0.4 is 0 Å². The summed E-state index contributed by atoms with van der Waals surface area (Å²) in [5.74, 6) is -3.74. The van der Waals surface area contributed by atoms with Gasteiger partial charge in [-0.2, -0.15) is 27.9 Å². The second-order valence-electron chi connectivity index (χ2n) is 8.85. The molecule has 0 radical (unpaired) electrons. The van der Waals surface area contributed by atoms with Gasteiger partial charge in [0.15, 0.2) is 11.6 Å². The summed E-state index contributed by atoms with van der Waals surface area (Å²) in [7, 11) is 0. The summed E-state index contributed by atoms with van der Waals surface area (Å²) in [6.07, 6.45) is -3.22. The van der Waals surface area contributed by atoms with Crippen LogP contribution in [-0.4, -0.2) is 61.2 Å². The van der Waals surface area contributed by atoms with E-state index in [4.69, 9.17) is 14.4 Å². The first-order valence-electron chi connectivity index (χ1n) is 11.1. The minimum atomic E-state index is -5.08. The molecule has 1 saturated heterocycles. The van der Waals surface area contributed by atoms with Gasteiger partial charge in [-0.05, 0) is 63.0 Å².